The third-order valence-electron chi connectivity index (χ3n) is 6.65. The van der Waals surface area contributed by atoms with E-state index >= 15 is 0 Å². The normalized spacial score (nSPS) is 10.9. The fourth-order valence-corrected chi connectivity index (χ4v) is 4.47. The Morgan fingerprint density at radius 2 is 1.06 bits per heavy atom. The third-order valence-corrected chi connectivity index (χ3v) is 6.65. The summed E-state index contributed by atoms with van der Waals surface area (Å²) in [5, 5.41) is 5.46. The van der Waals surface area contributed by atoms with Gasteiger partial charge in [0.1, 0.15) is 0 Å². The molecule has 0 atom stereocenters. The summed E-state index contributed by atoms with van der Waals surface area (Å²) < 4.78 is 0. The molecule has 0 unspecified atom stereocenters. The molecule has 3 heteroatoms. The molecule has 36 heavy (non-hydrogen) atoms. The minimum atomic E-state index is 0.740. The van der Waals surface area contributed by atoms with E-state index in [9.17, 15) is 0 Å². The molecule has 0 heterocycles. The molecule has 0 aliphatic rings. The van der Waals surface area contributed by atoms with Crippen LogP contribution in [0.15, 0.2) is 84.9 Å². The van der Waals surface area contributed by atoms with Crippen molar-refractivity contribution in [2.45, 2.75) is 90.5 Å². The second kappa shape index (κ2) is 17.6. The zero-order valence-electron chi connectivity index (χ0n) is 22.3. The lowest BCUT2D eigenvalue weighted by atomic mass is 10.1. The summed E-state index contributed by atoms with van der Waals surface area (Å²) in [6, 6.07) is 29.4. The largest absolute Gasteiger partial charge is 0.381 e. The zero-order valence-corrected chi connectivity index (χ0v) is 22.3. The Morgan fingerprint density at radius 1 is 0.556 bits per heavy atom. The molecular weight excluding hydrogens is 440 g/mol. The molecule has 0 aliphatic carbocycles. The fourth-order valence-electron chi connectivity index (χ4n) is 4.47. The van der Waals surface area contributed by atoms with Crippen LogP contribution < -0.4 is 10.4 Å². The Balaban J connectivity index is 1.37. The van der Waals surface area contributed by atoms with Crippen molar-refractivity contribution in [2.24, 2.45) is 0 Å². The molecule has 0 spiro atoms. The highest BCUT2D eigenvalue weighted by Gasteiger charge is 2.10. The van der Waals surface area contributed by atoms with Gasteiger partial charge in [-0.15, -0.1) is 0 Å². The van der Waals surface area contributed by atoms with Gasteiger partial charge in [0, 0.05) is 12.2 Å². The van der Waals surface area contributed by atoms with Crippen LogP contribution in [0.5, 0.6) is 0 Å². The Kier molecular flexibility index (Phi) is 13.6. The predicted octanol–water partition coefficient (Wildman–Crippen LogP) is 10.1. The first-order valence-electron chi connectivity index (χ1n) is 14.2. The quantitative estimate of drug-likeness (QED) is 0.135. The molecule has 3 rings (SSSR count). The summed E-state index contributed by atoms with van der Waals surface area (Å²) in [6.45, 7) is 3.83. The first kappa shape index (κ1) is 27.8. The molecule has 1 N–H and O–H groups in total. The summed E-state index contributed by atoms with van der Waals surface area (Å²) in [7, 11) is 0. The Hall–Kier alpha value is -2.78. The Morgan fingerprint density at radius 3 is 1.64 bits per heavy atom. The third kappa shape index (κ3) is 10.9. The van der Waals surface area contributed by atoms with Gasteiger partial charge >= 0.3 is 0 Å². The highest BCUT2D eigenvalue weighted by molar-refractivity contribution is 5.60. The van der Waals surface area contributed by atoms with Gasteiger partial charge in [0.05, 0.1) is 18.0 Å². The minimum Gasteiger partial charge on any atom is -0.381 e. The lowest BCUT2D eigenvalue weighted by Crippen LogP contribution is -2.18. The van der Waals surface area contributed by atoms with E-state index in [1.54, 1.807) is 0 Å². The SMILES string of the molecule is CCCCCCCCCCCCCCON(c1ccccc1)c1ccc(CNc2ccccc2)cc1. The van der Waals surface area contributed by atoms with E-state index in [-0.39, 0.29) is 0 Å². The second-order valence-electron chi connectivity index (χ2n) is 9.74. The number of rotatable bonds is 19. The van der Waals surface area contributed by atoms with Gasteiger partial charge in [0.25, 0.3) is 0 Å². The number of anilines is 3. The fraction of sp³-hybridized carbons (Fsp3) is 0.455. The Bertz CT molecular complexity index is 911. The van der Waals surface area contributed by atoms with E-state index < -0.39 is 0 Å². The lowest BCUT2D eigenvalue weighted by Gasteiger charge is -2.24. The maximum absolute atomic E-state index is 6.29. The predicted molar refractivity (Wildman–Crippen MR) is 156 cm³/mol. The van der Waals surface area contributed by atoms with Crippen molar-refractivity contribution >= 4 is 17.1 Å². The zero-order chi connectivity index (χ0) is 25.1. The molecule has 0 amide bonds. The molecule has 0 saturated carbocycles. The van der Waals surface area contributed by atoms with Gasteiger partial charge in [0.15, 0.2) is 0 Å². The summed E-state index contributed by atoms with van der Waals surface area (Å²) >= 11 is 0. The lowest BCUT2D eigenvalue weighted by molar-refractivity contribution is 0.131. The maximum Gasteiger partial charge on any atom is 0.0753 e. The van der Waals surface area contributed by atoms with Gasteiger partial charge < -0.3 is 5.32 Å². The van der Waals surface area contributed by atoms with E-state index in [0.29, 0.717) is 0 Å². The van der Waals surface area contributed by atoms with E-state index in [1.807, 2.05) is 17.2 Å². The molecule has 3 nitrogen and oxygen atoms in total. The van der Waals surface area contributed by atoms with Gasteiger partial charge in [-0.3, -0.25) is 4.84 Å². The topological polar surface area (TPSA) is 24.5 Å². The molecule has 194 valence electrons. The first-order chi connectivity index (χ1) is 17.9. The van der Waals surface area contributed by atoms with Crippen molar-refractivity contribution in [3.8, 4) is 0 Å². The van der Waals surface area contributed by atoms with Crippen LogP contribution in [0.1, 0.15) is 89.5 Å². The highest BCUT2D eigenvalue weighted by atomic mass is 16.7. The number of nitrogens with one attached hydrogen (secondary N) is 1. The second-order valence-corrected chi connectivity index (χ2v) is 9.74. The molecule has 3 aromatic carbocycles. The van der Waals surface area contributed by atoms with E-state index in [1.165, 1.54) is 76.2 Å². The number of unbranched alkanes of at least 4 members (excludes halogenated alkanes) is 11. The minimum absolute atomic E-state index is 0.740. The van der Waals surface area contributed by atoms with E-state index in [0.717, 1.165) is 36.6 Å². The number of nitrogens with zero attached hydrogens (tertiary/aromatic N) is 1. The number of para-hydroxylation sites is 2. The average molecular weight is 487 g/mol. The first-order valence-corrected chi connectivity index (χ1v) is 14.2. The molecule has 0 aromatic heterocycles. The number of benzene rings is 3. The van der Waals surface area contributed by atoms with Crippen LogP contribution in [0.3, 0.4) is 0 Å². The van der Waals surface area contributed by atoms with Gasteiger partial charge in [-0.25, -0.2) is 5.06 Å². The van der Waals surface area contributed by atoms with Gasteiger partial charge in [-0.1, -0.05) is 126 Å². The van der Waals surface area contributed by atoms with Crippen molar-refractivity contribution in [1.82, 2.24) is 0 Å². The highest BCUT2D eigenvalue weighted by Crippen LogP contribution is 2.26. The van der Waals surface area contributed by atoms with E-state index in [2.05, 4.69) is 85.0 Å². The van der Waals surface area contributed by atoms with Crippen molar-refractivity contribution in [3.63, 3.8) is 0 Å². The molecule has 0 bridgehead atoms. The average Bonchev–Trinajstić information content (AvgIpc) is 2.94. The van der Waals surface area contributed by atoms with Crippen LogP contribution in [0.25, 0.3) is 0 Å². The molecule has 0 saturated heterocycles. The molecule has 3 aromatic rings. The summed E-state index contributed by atoms with van der Waals surface area (Å²) in [4.78, 5) is 6.29. The summed E-state index contributed by atoms with van der Waals surface area (Å²) in [5.74, 6) is 0. The standard InChI is InChI=1S/C33H46N2O/c1-2-3-4-5-6-7-8-9-10-11-12-19-28-36-35(32-22-17-14-18-23-32)33-26-24-30(25-27-33)29-34-31-20-15-13-16-21-31/h13-18,20-27,34H,2-12,19,28-29H2,1H3. The summed E-state index contributed by atoms with van der Waals surface area (Å²) in [5.41, 5.74) is 4.50. The summed E-state index contributed by atoms with van der Waals surface area (Å²) in [6.07, 6.45) is 16.2. The van der Waals surface area contributed by atoms with Crippen molar-refractivity contribution in [2.75, 3.05) is 17.0 Å². The van der Waals surface area contributed by atoms with Crippen LogP contribution in [0, 0.1) is 0 Å². The van der Waals surface area contributed by atoms with Gasteiger partial charge in [-0.05, 0) is 48.4 Å². The van der Waals surface area contributed by atoms with Crippen molar-refractivity contribution in [3.05, 3.63) is 90.5 Å². The van der Waals surface area contributed by atoms with Crippen LogP contribution in [0.2, 0.25) is 0 Å². The smallest absolute Gasteiger partial charge is 0.0753 e. The van der Waals surface area contributed by atoms with Gasteiger partial charge in [-0.2, -0.15) is 0 Å². The molecule has 0 radical (unpaired) electrons. The van der Waals surface area contributed by atoms with E-state index in [4.69, 9.17) is 4.84 Å². The number of hydrogen-bond donors (Lipinski definition) is 1. The molecular formula is C33H46N2O. The van der Waals surface area contributed by atoms with Crippen LogP contribution in [-0.4, -0.2) is 6.61 Å². The molecule has 0 fully saturated rings. The number of hydrogen-bond acceptors (Lipinski definition) is 3. The van der Waals surface area contributed by atoms with Crippen LogP contribution in [0.4, 0.5) is 17.1 Å². The van der Waals surface area contributed by atoms with Crippen LogP contribution in [-0.2, 0) is 11.4 Å². The van der Waals surface area contributed by atoms with Crippen molar-refractivity contribution in [1.29, 1.82) is 0 Å². The van der Waals surface area contributed by atoms with Crippen LogP contribution >= 0.6 is 0 Å². The molecule has 0 aliphatic heterocycles. The monoisotopic (exact) mass is 486 g/mol. The van der Waals surface area contributed by atoms with Crippen molar-refractivity contribution < 1.29 is 4.84 Å². The maximum atomic E-state index is 6.29. The van der Waals surface area contributed by atoms with Gasteiger partial charge in [0.2, 0.25) is 0 Å². The Labute approximate surface area is 219 Å².